The van der Waals surface area contributed by atoms with Crippen LogP contribution < -0.4 is 15.6 Å². The van der Waals surface area contributed by atoms with Crippen molar-refractivity contribution in [3.63, 3.8) is 0 Å². The number of thiazole rings is 1. The second kappa shape index (κ2) is 10.3. The van der Waals surface area contributed by atoms with Crippen molar-refractivity contribution < 1.29 is 9.53 Å². The van der Waals surface area contributed by atoms with Crippen LogP contribution in [0.1, 0.15) is 12.8 Å². The molecule has 5 heterocycles. The molecule has 6 rings (SSSR count). The van der Waals surface area contributed by atoms with Crippen LogP contribution in [-0.2, 0) is 9.53 Å². The molecule has 1 N–H and O–H groups in total. The highest BCUT2D eigenvalue weighted by atomic mass is 32.1. The number of rotatable bonds is 5. The molecule has 1 aromatic carbocycles. The minimum atomic E-state index is -0.247. The summed E-state index contributed by atoms with van der Waals surface area (Å²) in [5.41, 5.74) is 1.58. The van der Waals surface area contributed by atoms with Gasteiger partial charge in [-0.05, 0) is 32.1 Å². The average Bonchev–Trinajstić information content (AvgIpc) is 3.18. The predicted octanol–water partition coefficient (Wildman–Crippen LogP) is 2.26. The number of hydrogen-bond acceptors (Lipinski definition) is 9. The fourth-order valence-corrected chi connectivity index (χ4v) is 6.22. The van der Waals surface area contributed by atoms with Crippen LogP contribution in [-0.4, -0.2) is 96.2 Å². The molecule has 3 aromatic heterocycles. The van der Waals surface area contributed by atoms with Gasteiger partial charge in [-0.3, -0.25) is 18.9 Å². The minimum Gasteiger partial charge on any atom is -0.379 e. The zero-order valence-corrected chi connectivity index (χ0v) is 21.8. The van der Waals surface area contributed by atoms with Gasteiger partial charge in [0.1, 0.15) is 10.5 Å². The molecule has 37 heavy (non-hydrogen) atoms. The van der Waals surface area contributed by atoms with Gasteiger partial charge in [-0.15, -0.1) is 11.3 Å². The van der Waals surface area contributed by atoms with E-state index in [9.17, 15) is 9.59 Å². The Hall–Kier alpha value is -3.12. The third kappa shape index (κ3) is 4.79. The first-order valence-corrected chi connectivity index (χ1v) is 13.7. The number of morpholine rings is 1. The third-order valence-electron chi connectivity index (χ3n) is 7.19. The maximum absolute atomic E-state index is 13.7. The Morgan fingerprint density at radius 3 is 2.81 bits per heavy atom. The molecule has 4 aromatic rings. The van der Waals surface area contributed by atoms with Crippen LogP contribution in [0.25, 0.3) is 26.1 Å². The highest BCUT2D eigenvalue weighted by Crippen LogP contribution is 2.33. The van der Waals surface area contributed by atoms with Gasteiger partial charge in [-0.2, -0.15) is 4.98 Å². The topological polar surface area (TPSA) is 95.3 Å². The van der Waals surface area contributed by atoms with Crippen LogP contribution >= 0.6 is 11.3 Å². The van der Waals surface area contributed by atoms with Gasteiger partial charge in [0.05, 0.1) is 28.8 Å². The number of carbonyl (C=O) groups excluding carboxylic acids is 1. The molecular weight excluding hydrogens is 490 g/mol. The van der Waals surface area contributed by atoms with Crippen molar-refractivity contribution in [2.75, 3.05) is 76.3 Å². The number of nitrogens with zero attached hydrogens (tertiary/aromatic N) is 6. The van der Waals surface area contributed by atoms with Gasteiger partial charge in [0, 0.05) is 51.9 Å². The molecule has 194 valence electrons. The Kier molecular flexibility index (Phi) is 6.76. The number of para-hydroxylation sites is 1. The summed E-state index contributed by atoms with van der Waals surface area (Å²) >= 11 is 1.49. The van der Waals surface area contributed by atoms with Gasteiger partial charge in [-0.25, -0.2) is 4.98 Å². The van der Waals surface area contributed by atoms with Crippen LogP contribution in [0.5, 0.6) is 0 Å². The van der Waals surface area contributed by atoms with Crippen LogP contribution in [0.3, 0.4) is 0 Å². The summed E-state index contributed by atoms with van der Waals surface area (Å²) in [6, 6.07) is 8.01. The van der Waals surface area contributed by atoms with Gasteiger partial charge in [-0.1, -0.05) is 12.1 Å². The summed E-state index contributed by atoms with van der Waals surface area (Å²) in [5, 5.41) is 3.35. The van der Waals surface area contributed by atoms with Gasteiger partial charge >= 0.3 is 0 Å². The lowest BCUT2D eigenvalue weighted by atomic mass is 10.2. The summed E-state index contributed by atoms with van der Waals surface area (Å²) in [4.78, 5) is 43.6. The summed E-state index contributed by atoms with van der Waals surface area (Å²) < 4.78 is 8.42. The smallest absolute Gasteiger partial charge is 0.227 e. The summed E-state index contributed by atoms with van der Waals surface area (Å²) in [5.74, 6) is 0.460. The van der Waals surface area contributed by atoms with Crippen molar-refractivity contribution >= 4 is 55.0 Å². The molecule has 0 atom stereocenters. The monoisotopic (exact) mass is 521 g/mol. The average molecular weight is 522 g/mol. The Morgan fingerprint density at radius 2 is 1.95 bits per heavy atom. The molecule has 2 aliphatic heterocycles. The van der Waals surface area contributed by atoms with E-state index in [4.69, 9.17) is 9.72 Å². The second-order valence-corrected chi connectivity index (χ2v) is 10.7. The Labute approximate surface area is 218 Å². The maximum atomic E-state index is 13.7. The van der Waals surface area contributed by atoms with Crippen molar-refractivity contribution in [2.24, 2.45) is 0 Å². The van der Waals surface area contributed by atoms with Gasteiger partial charge in [0.15, 0.2) is 5.65 Å². The lowest BCUT2D eigenvalue weighted by Gasteiger charge is -2.26. The molecule has 11 heteroatoms. The summed E-state index contributed by atoms with van der Waals surface area (Å²) in [6.45, 7) is 7.33. The summed E-state index contributed by atoms with van der Waals surface area (Å²) in [7, 11) is 2.13. The zero-order chi connectivity index (χ0) is 25.4. The van der Waals surface area contributed by atoms with Gasteiger partial charge < -0.3 is 19.9 Å². The molecule has 0 aliphatic carbocycles. The number of anilines is 2. The van der Waals surface area contributed by atoms with Gasteiger partial charge in [0.2, 0.25) is 17.3 Å². The van der Waals surface area contributed by atoms with Crippen molar-refractivity contribution in [3.8, 4) is 0 Å². The lowest BCUT2D eigenvalue weighted by Crippen LogP contribution is -2.38. The molecule has 2 fully saturated rings. The normalized spacial score (nSPS) is 18.0. The zero-order valence-electron chi connectivity index (χ0n) is 21.0. The number of carbonyl (C=O) groups is 1. The van der Waals surface area contributed by atoms with E-state index in [1.54, 1.807) is 6.20 Å². The van der Waals surface area contributed by atoms with E-state index in [0.29, 0.717) is 53.7 Å². The molecule has 0 spiro atoms. The molecule has 0 bridgehead atoms. The number of ether oxygens (including phenoxy) is 1. The largest absolute Gasteiger partial charge is 0.379 e. The van der Waals surface area contributed by atoms with E-state index in [1.165, 1.54) is 11.3 Å². The molecule has 2 aliphatic rings. The molecule has 0 radical (unpaired) electrons. The van der Waals surface area contributed by atoms with Crippen LogP contribution in [0, 0.1) is 0 Å². The van der Waals surface area contributed by atoms with E-state index in [-0.39, 0.29) is 11.3 Å². The number of fused-ring (bicyclic) bond motifs is 5. The second-order valence-electron chi connectivity index (χ2n) is 9.72. The maximum Gasteiger partial charge on any atom is 0.227 e. The number of likely N-dealkylation sites (N-methyl/N-ethyl adjacent to an activating group) is 1. The van der Waals surface area contributed by atoms with Crippen molar-refractivity contribution in [1.82, 2.24) is 24.2 Å². The molecule has 1 amide bonds. The molecule has 0 unspecified atom stereocenters. The van der Waals surface area contributed by atoms with Crippen molar-refractivity contribution in [2.45, 2.75) is 12.8 Å². The molecule has 0 saturated carbocycles. The Bertz CT molecular complexity index is 1510. The van der Waals surface area contributed by atoms with E-state index in [2.05, 4.69) is 32.0 Å². The van der Waals surface area contributed by atoms with Crippen LogP contribution in [0.2, 0.25) is 0 Å². The Balaban J connectivity index is 1.41. The number of amides is 1. The standard InChI is InChI=1S/C26H31N7O3S/c1-30-8-4-9-32(12-11-30)26-27-17-18-23(35)22(28-21(34)7-10-31-13-15-36-16-14-31)25-33(24(18)29-26)19-5-2-3-6-20(19)37-25/h2-3,5-6,17H,4,7-16H2,1H3,(H,28,34). The lowest BCUT2D eigenvalue weighted by molar-refractivity contribution is -0.116. The highest BCUT2D eigenvalue weighted by molar-refractivity contribution is 7.24. The van der Waals surface area contributed by atoms with E-state index < -0.39 is 0 Å². The number of aromatic nitrogens is 3. The first kappa shape index (κ1) is 24.2. The minimum absolute atomic E-state index is 0.173. The number of pyridine rings is 1. The van der Waals surface area contributed by atoms with E-state index in [0.717, 1.165) is 55.9 Å². The Morgan fingerprint density at radius 1 is 1.11 bits per heavy atom. The van der Waals surface area contributed by atoms with Crippen molar-refractivity contribution in [3.05, 3.63) is 40.7 Å². The van der Waals surface area contributed by atoms with Crippen LogP contribution in [0.15, 0.2) is 35.3 Å². The fourth-order valence-electron chi connectivity index (χ4n) is 5.08. The number of nitrogens with one attached hydrogen (secondary N) is 1. The van der Waals surface area contributed by atoms with Gasteiger partial charge in [0.25, 0.3) is 0 Å². The molecule has 10 nitrogen and oxygen atoms in total. The first-order valence-electron chi connectivity index (χ1n) is 12.8. The fraction of sp³-hybridized carbons (Fsp3) is 0.462. The summed E-state index contributed by atoms with van der Waals surface area (Å²) in [6.07, 6.45) is 2.97. The number of benzene rings is 1. The molecular formula is C26H31N7O3S. The third-order valence-corrected chi connectivity index (χ3v) is 8.34. The number of hydrogen-bond donors (Lipinski definition) is 1. The predicted molar refractivity (Wildman–Crippen MR) is 147 cm³/mol. The molecule has 2 saturated heterocycles. The first-order chi connectivity index (χ1) is 18.1. The van der Waals surface area contributed by atoms with E-state index >= 15 is 0 Å². The highest BCUT2D eigenvalue weighted by Gasteiger charge is 2.22. The van der Waals surface area contributed by atoms with Crippen molar-refractivity contribution in [1.29, 1.82) is 0 Å². The quantitative estimate of drug-likeness (QED) is 0.427. The van der Waals surface area contributed by atoms with Crippen LogP contribution in [0.4, 0.5) is 11.6 Å². The SMILES string of the molecule is CN1CCCN(c2ncc3c(=O)c(NC(=O)CCN4CCOCC4)c4sc5ccccc5n4c3n2)CC1. The van der Waals surface area contributed by atoms with E-state index in [1.807, 2.05) is 28.7 Å².